The van der Waals surface area contributed by atoms with Gasteiger partial charge >= 0.3 is 0 Å². The maximum absolute atomic E-state index is 2.98. The van der Waals surface area contributed by atoms with Crippen molar-refractivity contribution >= 4 is 0 Å². The Kier molecular flexibility index (Phi) is 0.640. The lowest BCUT2D eigenvalue weighted by Crippen LogP contribution is -2.25. The number of rotatable bonds is 0. The highest BCUT2D eigenvalue weighted by Gasteiger charge is 2.14. The van der Waals surface area contributed by atoms with Gasteiger partial charge in [-0.15, -0.1) is 0 Å². The summed E-state index contributed by atoms with van der Waals surface area (Å²) < 4.78 is 0. The normalized spacial score (nSPS) is 23.0. The summed E-state index contributed by atoms with van der Waals surface area (Å²) in [6.45, 7) is 1.10. The molecule has 1 N–H and O–H groups in total. The summed E-state index contributed by atoms with van der Waals surface area (Å²) in [6, 6.07) is 0. The molecule has 2 heterocycles. The Balaban J connectivity index is 2.31. The van der Waals surface area contributed by atoms with Crippen molar-refractivity contribution in [3.63, 3.8) is 0 Å². The molecular formula is C6H7N2. The predicted molar refractivity (Wildman–Crippen MR) is 30.4 cm³/mol. The van der Waals surface area contributed by atoms with Gasteiger partial charge in [-0.05, 0) is 12.5 Å². The van der Waals surface area contributed by atoms with Crippen LogP contribution in [0.15, 0.2) is 17.8 Å². The first kappa shape index (κ1) is 4.01. The zero-order valence-corrected chi connectivity index (χ0v) is 4.52. The summed E-state index contributed by atoms with van der Waals surface area (Å²) in [5, 5.41) is 2.08. The minimum Gasteiger partial charge on any atom is -0.296 e. The molecule has 2 aliphatic heterocycles. The predicted octanol–water partition coefficient (Wildman–Crippen LogP) is 0.411. The van der Waals surface area contributed by atoms with Crippen molar-refractivity contribution in [1.82, 2.24) is 10.4 Å². The van der Waals surface area contributed by atoms with Crippen LogP contribution in [0.25, 0.3) is 0 Å². The fourth-order valence-corrected chi connectivity index (χ4v) is 1.02. The second-order valence-electron chi connectivity index (χ2n) is 1.97. The quantitative estimate of drug-likeness (QED) is 0.482. The molecule has 2 aliphatic rings. The van der Waals surface area contributed by atoms with Crippen molar-refractivity contribution in [1.29, 1.82) is 0 Å². The lowest BCUT2D eigenvalue weighted by molar-refractivity contribution is 0.336. The van der Waals surface area contributed by atoms with E-state index in [0.717, 1.165) is 6.54 Å². The third-order valence-electron chi connectivity index (χ3n) is 1.44. The van der Waals surface area contributed by atoms with E-state index < -0.39 is 0 Å². The fraction of sp³-hybridized carbons (Fsp3) is 0.333. The Morgan fingerprint density at radius 2 is 2.75 bits per heavy atom. The average Bonchev–Trinajstić information content (AvgIpc) is 2.15. The molecule has 0 saturated carbocycles. The van der Waals surface area contributed by atoms with Crippen LogP contribution in [0.4, 0.5) is 0 Å². The van der Waals surface area contributed by atoms with Gasteiger partial charge in [0, 0.05) is 6.54 Å². The second-order valence-corrected chi connectivity index (χ2v) is 1.97. The molecule has 0 bridgehead atoms. The first-order chi connectivity index (χ1) is 3.97. The molecule has 0 saturated heterocycles. The SMILES string of the molecule is [C]1=CC2=CCCN2N1. The van der Waals surface area contributed by atoms with E-state index in [1.807, 2.05) is 6.08 Å². The molecule has 2 nitrogen and oxygen atoms in total. The summed E-state index contributed by atoms with van der Waals surface area (Å²) in [5.41, 5.74) is 4.25. The molecule has 41 valence electrons. The lowest BCUT2D eigenvalue weighted by atomic mass is 10.4. The molecule has 0 aliphatic carbocycles. The van der Waals surface area contributed by atoms with Crippen LogP contribution in [0, 0.1) is 6.20 Å². The van der Waals surface area contributed by atoms with Gasteiger partial charge in [0.1, 0.15) is 0 Å². The van der Waals surface area contributed by atoms with Crippen LogP contribution in [-0.2, 0) is 0 Å². The molecule has 0 aromatic heterocycles. The van der Waals surface area contributed by atoms with Gasteiger partial charge < -0.3 is 0 Å². The van der Waals surface area contributed by atoms with E-state index >= 15 is 0 Å². The van der Waals surface area contributed by atoms with E-state index in [9.17, 15) is 0 Å². The molecule has 0 spiro atoms. The Morgan fingerprint density at radius 1 is 1.75 bits per heavy atom. The van der Waals surface area contributed by atoms with Crippen LogP contribution >= 0.6 is 0 Å². The highest BCUT2D eigenvalue weighted by Crippen LogP contribution is 2.15. The Bertz CT molecular complexity index is 158. The number of hydrogen-bond donors (Lipinski definition) is 1. The largest absolute Gasteiger partial charge is 0.296 e. The van der Waals surface area contributed by atoms with Crippen LogP contribution in [0.1, 0.15) is 6.42 Å². The first-order valence-electron chi connectivity index (χ1n) is 2.79. The van der Waals surface area contributed by atoms with Crippen LogP contribution in [-0.4, -0.2) is 11.6 Å². The van der Waals surface area contributed by atoms with Crippen molar-refractivity contribution in [3.8, 4) is 0 Å². The Hall–Kier alpha value is -0.920. The third kappa shape index (κ3) is 0.372. The van der Waals surface area contributed by atoms with Crippen molar-refractivity contribution in [2.24, 2.45) is 0 Å². The smallest absolute Gasteiger partial charge is 0.0813 e. The fourth-order valence-electron chi connectivity index (χ4n) is 1.02. The van der Waals surface area contributed by atoms with Gasteiger partial charge in [-0.25, -0.2) is 0 Å². The van der Waals surface area contributed by atoms with E-state index in [1.54, 1.807) is 0 Å². The van der Waals surface area contributed by atoms with Crippen LogP contribution in [0.5, 0.6) is 0 Å². The van der Waals surface area contributed by atoms with Crippen molar-refractivity contribution in [3.05, 3.63) is 24.0 Å². The number of nitrogens with one attached hydrogen (secondary N) is 1. The molecule has 2 heteroatoms. The van der Waals surface area contributed by atoms with Crippen LogP contribution in [0.2, 0.25) is 0 Å². The first-order valence-corrected chi connectivity index (χ1v) is 2.79. The van der Waals surface area contributed by atoms with Gasteiger partial charge in [-0.3, -0.25) is 10.4 Å². The minimum absolute atomic E-state index is 1.10. The summed E-state index contributed by atoms with van der Waals surface area (Å²) in [6.07, 6.45) is 8.24. The standard InChI is InChI=1S/C6H7N2/c1-2-6-3-4-7-8(6)5-1/h2-3,7H,1,5H2. The summed E-state index contributed by atoms with van der Waals surface area (Å²) in [4.78, 5) is 0. The average molecular weight is 107 g/mol. The molecule has 0 atom stereocenters. The Labute approximate surface area is 48.5 Å². The van der Waals surface area contributed by atoms with E-state index in [1.165, 1.54) is 12.1 Å². The minimum atomic E-state index is 1.10. The van der Waals surface area contributed by atoms with E-state index in [-0.39, 0.29) is 0 Å². The monoisotopic (exact) mass is 107 g/mol. The van der Waals surface area contributed by atoms with E-state index in [2.05, 4.69) is 22.7 Å². The molecular weight excluding hydrogens is 100 g/mol. The van der Waals surface area contributed by atoms with Crippen molar-refractivity contribution in [2.45, 2.75) is 6.42 Å². The molecule has 0 fully saturated rings. The Morgan fingerprint density at radius 3 is 3.62 bits per heavy atom. The molecule has 8 heavy (non-hydrogen) atoms. The number of allylic oxidation sites excluding steroid dienone is 1. The molecule has 0 amide bonds. The number of nitrogens with zero attached hydrogens (tertiary/aromatic N) is 1. The van der Waals surface area contributed by atoms with Gasteiger partial charge in [0.25, 0.3) is 0 Å². The van der Waals surface area contributed by atoms with Gasteiger partial charge in [-0.1, -0.05) is 6.08 Å². The highest BCUT2D eigenvalue weighted by atomic mass is 15.5. The van der Waals surface area contributed by atoms with Crippen LogP contribution in [0.3, 0.4) is 0 Å². The van der Waals surface area contributed by atoms with E-state index in [4.69, 9.17) is 0 Å². The highest BCUT2D eigenvalue weighted by molar-refractivity contribution is 5.22. The summed E-state index contributed by atoms with van der Waals surface area (Å²) in [5.74, 6) is 0. The lowest BCUT2D eigenvalue weighted by Gasteiger charge is -2.12. The summed E-state index contributed by atoms with van der Waals surface area (Å²) >= 11 is 0. The molecule has 2 rings (SSSR count). The zero-order valence-electron chi connectivity index (χ0n) is 4.52. The van der Waals surface area contributed by atoms with Gasteiger partial charge in [-0.2, -0.15) is 0 Å². The maximum Gasteiger partial charge on any atom is 0.0813 e. The van der Waals surface area contributed by atoms with Gasteiger partial charge in [0.05, 0.1) is 11.9 Å². The number of fused-ring (bicyclic) bond motifs is 1. The van der Waals surface area contributed by atoms with Crippen molar-refractivity contribution < 1.29 is 0 Å². The molecule has 0 unspecified atom stereocenters. The number of hydrazine groups is 1. The molecule has 1 radical (unpaired) electrons. The summed E-state index contributed by atoms with van der Waals surface area (Å²) in [7, 11) is 0. The maximum atomic E-state index is 2.98. The van der Waals surface area contributed by atoms with Crippen molar-refractivity contribution in [2.75, 3.05) is 6.54 Å². The zero-order chi connectivity index (χ0) is 5.40. The van der Waals surface area contributed by atoms with Gasteiger partial charge in [0.15, 0.2) is 0 Å². The topological polar surface area (TPSA) is 15.3 Å². The van der Waals surface area contributed by atoms with E-state index in [0.29, 0.717) is 0 Å². The molecule has 0 aromatic rings. The number of hydrogen-bond acceptors (Lipinski definition) is 2. The molecule has 0 aromatic carbocycles. The van der Waals surface area contributed by atoms with Crippen LogP contribution < -0.4 is 5.43 Å². The third-order valence-corrected chi connectivity index (χ3v) is 1.44. The second kappa shape index (κ2) is 1.28. The van der Waals surface area contributed by atoms with Gasteiger partial charge in [0.2, 0.25) is 0 Å².